The molecule has 4 heteroatoms. The van der Waals surface area contributed by atoms with Gasteiger partial charge in [0.05, 0.1) is 12.5 Å². The quantitative estimate of drug-likeness (QED) is 0.872. The third kappa shape index (κ3) is 2.75. The van der Waals surface area contributed by atoms with Crippen molar-refractivity contribution >= 4 is 21.9 Å². The predicted molar refractivity (Wildman–Crippen MR) is 74.6 cm³/mol. The molecule has 1 fully saturated rings. The Hall–Kier alpha value is -0.870. The molecule has 1 N–H and O–H groups in total. The fourth-order valence-electron chi connectivity index (χ4n) is 2.44. The second kappa shape index (κ2) is 5.85. The van der Waals surface area contributed by atoms with Gasteiger partial charge in [0, 0.05) is 23.5 Å². The number of hydrogen-bond donors (Lipinski definition) is 1. The van der Waals surface area contributed by atoms with Crippen molar-refractivity contribution in [1.29, 1.82) is 0 Å². The van der Waals surface area contributed by atoms with Gasteiger partial charge in [-0.2, -0.15) is 0 Å². The molecule has 0 amide bonds. The first kappa shape index (κ1) is 13.6. The summed E-state index contributed by atoms with van der Waals surface area (Å²) < 4.78 is 6.22. The summed E-state index contributed by atoms with van der Waals surface area (Å²) in [6.07, 6.45) is 0. The molecule has 2 rings (SSSR count). The molecule has 2 unspecified atom stereocenters. The maximum atomic E-state index is 11.9. The SMILES string of the molecule is CCOC(=O)C1CNCC1c1ccc(C)cc1Br. The fraction of sp³-hybridized carbons (Fsp3) is 0.500. The molecule has 98 valence electrons. The monoisotopic (exact) mass is 311 g/mol. The maximum Gasteiger partial charge on any atom is 0.310 e. The molecule has 3 nitrogen and oxygen atoms in total. The molecule has 0 saturated carbocycles. The highest BCUT2D eigenvalue weighted by molar-refractivity contribution is 9.10. The first-order chi connectivity index (χ1) is 8.63. The standard InChI is InChI=1S/C14H18BrNO2/c1-3-18-14(17)12-8-16-7-11(12)10-5-4-9(2)6-13(10)15/h4-6,11-12,16H,3,7-8H2,1-2H3. The molecule has 1 aliphatic rings. The normalized spacial score (nSPS) is 23.1. The van der Waals surface area contributed by atoms with Gasteiger partial charge in [-0.1, -0.05) is 28.1 Å². The van der Waals surface area contributed by atoms with E-state index >= 15 is 0 Å². The summed E-state index contributed by atoms with van der Waals surface area (Å²) in [7, 11) is 0. The van der Waals surface area contributed by atoms with E-state index in [9.17, 15) is 4.79 Å². The average molecular weight is 312 g/mol. The summed E-state index contributed by atoms with van der Waals surface area (Å²) in [6, 6.07) is 6.28. The molecule has 1 aromatic carbocycles. The maximum absolute atomic E-state index is 11.9. The van der Waals surface area contributed by atoms with Crippen LogP contribution in [0.3, 0.4) is 0 Å². The van der Waals surface area contributed by atoms with Crippen molar-refractivity contribution in [3.05, 3.63) is 33.8 Å². The summed E-state index contributed by atoms with van der Waals surface area (Å²) in [5.41, 5.74) is 2.40. The first-order valence-corrected chi connectivity index (χ1v) is 7.06. The van der Waals surface area contributed by atoms with E-state index in [2.05, 4.69) is 46.4 Å². The number of benzene rings is 1. The molecule has 1 saturated heterocycles. The minimum absolute atomic E-state index is 0.0797. The molecule has 1 heterocycles. The van der Waals surface area contributed by atoms with E-state index < -0.39 is 0 Å². The number of aryl methyl sites for hydroxylation is 1. The lowest BCUT2D eigenvalue weighted by atomic mass is 9.88. The number of carbonyl (C=O) groups is 1. The highest BCUT2D eigenvalue weighted by atomic mass is 79.9. The Bertz CT molecular complexity index is 447. The Morgan fingerprint density at radius 1 is 1.50 bits per heavy atom. The second-order valence-electron chi connectivity index (χ2n) is 4.65. The lowest BCUT2D eigenvalue weighted by Gasteiger charge is -2.19. The lowest BCUT2D eigenvalue weighted by molar-refractivity contribution is -0.147. The Morgan fingerprint density at radius 2 is 2.28 bits per heavy atom. The van der Waals surface area contributed by atoms with E-state index in [1.54, 1.807) is 0 Å². The van der Waals surface area contributed by atoms with Crippen LogP contribution in [-0.2, 0) is 9.53 Å². The van der Waals surface area contributed by atoms with Gasteiger partial charge in [0.15, 0.2) is 0 Å². The number of rotatable bonds is 3. The molecule has 0 spiro atoms. The zero-order valence-electron chi connectivity index (χ0n) is 10.7. The van der Waals surface area contributed by atoms with Crippen molar-refractivity contribution in [2.24, 2.45) is 5.92 Å². The molecular weight excluding hydrogens is 294 g/mol. The Balaban J connectivity index is 2.23. The molecule has 0 aliphatic carbocycles. The van der Waals surface area contributed by atoms with Crippen LogP contribution in [0.1, 0.15) is 24.0 Å². The number of hydrogen-bond acceptors (Lipinski definition) is 3. The van der Waals surface area contributed by atoms with Crippen LogP contribution in [0.5, 0.6) is 0 Å². The van der Waals surface area contributed by atoms with Crippen LogP contribution in [0.4, 0.5) is 0 Å². The number of carbonyl (C=O) groups excluding carboxylic acids is 1. The van der Waals surface area contributed by atoms with Crippen molar-refractivity contribution in [2.75, 3.05) is 19.7 Å². The van der Waals surface area contributed by atoms with Crippen LogP contribution >= 0.6 is 15.9 Å². The smallest absolute Gasteiger partial charge is 0.310 e. The van der Waals surface area contributed by atoms with Crippen molar-refractivity contribution in [2.45, 2.75) is 19.8 Å². The van der Waals surface area contributed by atoms with E-state index in [4.69, 9.17) is 4.74 Å². The van der Waals surface area contributed by atoms with Gasteiger partial charge in [0.2, 0.25) is 0 Å². The number of nitrogens with one attached hydrogen (secondary N) is 1. The van der Waals surface area contributed by atoms with E-state index in [-0.39, 0.29) is 17.8 Å². The van der Waals surface area contributed by atoms with Gasteiger partial charge in [-0.3, -0.25) is 4.79 Å². The average Bonchev–Trinajstić information content (AvgIpc) is 2.78. The Morgan fingerprint density at radius 3 is 2.94 bits per heavy atom. The van der Waals surface area contributed by atoms with Crippen LogP contribution < -0.4 is 5.32 Å². The second-order valence-corrected chi connectivity index (χ2v) is 5.50. The summed E-state index contributed by atoms with van der Waals surface area (Å²) >= 11 is 3.59. The van der Waals surface area contributed by atoms with Crippen LogP contribution in [0, 0.1) is 12.8 Å². The number of esters is 1. The molecular formula is C14H18BrNO2. The molecule has 1 aliphatic heterocycles. The fourth-order valence-corrected chi connectivity index (χ4v) is 3.22. The number of ether oxygens (including phenoxy) is 1. The van der Waals surface area contributed by atoms with E-state index in [1.165, 1.54) is 11.1 Å². The van der Waals surface area contributed by atoms with Crippen LogP contribution in [0.2, 0.25) is 0 Å². The topological polar surface area (TPSA) is 38.3 Å². The van der Waals surface area contributed by atoms with E-state index in [1.807, 2.05) is 6.92 Å². The van der Waals surface area contributed by atoms with E-state index in [0.29, 0.717) is 13.2 Å². The highest BCUT2D eigenvalue weighted by Crippen LogP contribution is 2.34. The van der Waals surface area contributed by atoms with Crippen molar-refractivity contribution in [3.63, 3.8) is 0 Å². The van der Waals surface area contributed by atoms with Crippen LogP contribution in [-0.4, -0.2) is 25.7 Å². The largest absolute Gasteiger partial charge is 0.466 e. The summed E-state index contributed by atoms with van der Waals surface area (Å²) in [5.74, 6) is 0.0166. The van der Waals surface area contributed by atoms with Gasteiger partial charge in [-0.15, -0.1) is 0 Å². The Labute approximate surface area is 116 Å². The lowest BCUT2D eigenvalue weighted by Crippen LogP contribution is -2.24. The van der Waals surface area contributed by atoms with Crippen LogP contribution in [0.15, 0.2) is 22.7 Å². The molecule has 0 radical (unpaired) electrons. The Kier molecular flexibility index (Phi) is 4.40. The van der Waals surface area contributed by atoms with Gasteiger partial charge in [0.25, 0.3) is 0 Å². The highest BCUT2D eigenvalue weighted by Gasteiger charge is 2.35. The molecule has 2 atom stereocenters. The van der Waals surface area contributed by atoms with Gasteiger partial charge in [-0.05, 0) is 31.0 Å². The third-order valence-corrected chi connectivity index (χ3v) is 4.05. The zero-order valence-corrected chi connectivity index (χ0v) is 12.3. The molecule has 1 aromatic rings. The summed E-state index contributed by atoms with van der Waals surface area (Å²) in [4.78, 5) is 11.9. The number of halogens is 1. The minimum atomic E-state index is -0.0972. The van der Waals surface area contributed by atoms with E-state index in [0.717, 1.165) is 11.0 Å². The molecule has 18 heavy (non-hydrogen) atoms. The van der Waals surface area contributed by atoms with Gasteiger partial charge >= 0.3 is 5.97 Å². The zero-order chi connectivity index (χ0) is 13.1. The summed E-state index contributed by atoms with van der Waals surface area (Å²) in [5, 5.41) is 3.28. The minimum Gasteiger partial charge on any atom is -0.466 e. The van der Waals surface area contributed by atoms with Crippen molar-refractivity contribution in [1.82, 2.24) is 5.32 Å². The summed E-state index contributed by atoms with van der Waals surface area (Å²) in [6.45, 7) is 5.87. The van der Waals surface area contributed by atoms with Gasteiger partial charge < -0.3 is 10.1 Å². The molecule has 0 aromatic heterocycles. The first-order valence-electron chi connectivity index (χ1n) is 6.27. The van der Waals surface area contributed by atoms with Crippen LogP contribution in [0.25, 0.3) is 0 Å². The predicted octanol–water partition coefficient (Wildman–Crippen LogP) is 2.62. The van der Waals surface area contributed by atoms with Gasteiger partial charge in [0.1, 0.15) is 0 Å². The molecule has 0 bridgehead atoms. The third-order valence-electron chi connectivity index (χ3n) is 3.36. The van der Waals surface area contributed by atoms with Crippen molar-refractivity contribution < 1.29 is 9.53 Å². The van der Waals surface area contributed by atoms with Crippen molar-refractivity contribution in [3.8, 4) is 0 Å². The van der Waals surface area contributed by atoms with Gasteiger partial charge in [-0.25, -0.2) is 0 Å².